The summed E-state index contributed by atoms with van der Waals surface area (Å²) in [6.45, 7) is -0.706. The van der Waals surface area contributed by atoms with E-state index in [1.165, 1.54) is 50.5 Å². The first-order chi connectivity index (χ1) is 18.2. The highest BCUT2D eigenvalue weighted by Crippen LogP contribution is 2.43. The number of benzene rings is 2. The SMILES string of the molecule is COc1cc(C2c3c[nH]nc3NC(=O)C2C(=O)N(C)C)ccc1OCc1ccc(C(F)(F)F)cc1C(F)(F)F. The minimum Gasteiger partial charge on any atom is -0.493 e. The van der Waals surface area contributed by atoms with Gasteiger partial charge in [-0.2, -0.15) is 31.4 Å². The van der Waals surface area contributed by atoms with Crippen LogP contribution in [0.2, 0.25) is 0 Å². The maximum Gasteiger partial charge on any atom is 0.416 e. The lowest BCUT2D eigenvalue weighted by molar-refractivity contribution is -0.144. The molecule has 14 heteroatoms. The molecule has 208 valence electrons. The van der Waals surface area contributed by atoms with Crippen molar-refractivity contribution in [3.63, 3.8) is 0 Å². The summed E-state index contributed by atoms with van der Waals surface area (Å²) in [5.41, 5.74) is -2.42. The second-order valence-corrected chi connectivity index (χ2v) is 8.93. The molecule has 39 heavy (non-hydrogen) atoms. The molecule has 2 aromatic carbocycles. The van der Waals surface area contributed by atoms with Crippen LogP contribution in [0.25, 0.3) is 0 Å². The predicted octanol–water partition coefficient (Wildman–Crippen LogP) is 4.82. The first-order valence-corrected chi connectivity index (χ1v) is 11.4. The monoisotopic (exact) mass is 556 g/mol. The van der Waals surface area contributed by atoms with Crippen LogP contribution in [-0.4, -0.2) is 48.1 Å². The Bertz CT molecular complexity index is 1400. The molecule has 0 aliphatic carbocycles. The molecule has 2 unspecified atom stereocenters. The first kappa shape index (κ1) is 27.8. The van der Waals surface area contributed by atoms with Crippen molar-refractivity contribution in [2.75, 3.05) is 26.5 Å². The number of anilines is 1. The molecule has 1 aliphatic heterocycles. The van der Waals surface area contributed by atoms with Gasteiger partial charge in [-0.15, -0.1) is 0 Å². The Hall–Kier alpha value is -4.23. The molecule has 0 saturated carbocycles. The van der Waals surface area contributed by atoms with Gasteiger partial charge in [-0.3, -0.25) is 14.7 Å². The molecule has 1 aromatic heterocycles. The standard InChI is InChI=1S/C25H22F6N4O4/c1-35(2)23(37)20-19(15-10-32-34-21(15)33-22(20)36)12-5-7-17(18(8-12)38-3)39-11-13-4-6-14(24(26,27)28)9-16(13)25(29,30)31/h4-10,19-20H,11H2,1-3H3,(H2,32,33,34,36). The molecule has 0 fully saturated rings. The molecule has 0 radical (unpaired) electrons. The Balaban J connectivity index is 1.68. The zero-order valence-corrected chi connectivity index (χ0v) is 20.7. The van der Waals surface area contributed by atoms with Gasteiger partial charge in [0.2, 0.25) is 11.8 Å². The number of H-pyrrole nitrogens is 1. The normalized spacial score (nSPS) is 17.3. The van der Waals surface area contributed by atoms with Gasteiger partial charge in [-0.05, 0) is 29.8 Å². The van der Waals surface area contributed by atoms with Gasteiger partial charge in [0.15, 0.2) is 17.3 Å². The van der Waals surface area contributed by atoms with E-state index in [0.717, 1.165) is 0 Å². The topological polar surface area (TPSA) is 96.5 Å². The fourth-order valence-corrected chi connectivity index (χ4v) is 4.36. The Morgan fingerprint density at radius 1 is 1.03 bits per heavy atom. The van der Waals surface area contributed by atoms with E-state index in [4.69, 9.17) is 9.47 Å². The average Bonchev–Trinajstić information content (AvgIpc) is 3.32. The Morgan fingerprint density at radius 3 is 2.36 bits per heavy atom. The molecule has 0 saturated heterocycles. The zero-order chi connectivity index (χ0) is 28.7. The summed E-state index contributed by atoms with van der Waals surface area (Å²) in [7, 11) is 4.29. The molecule has 2 N–H and O–H groups in total. The number of hydrogen-bond acceptors (Lipinski definition) is 5. The third-order valence-electron chi connectivity index (χ3n) is 6.24. The highest BCUT2D eigenvalue weighted by molar-refractivity contribution is 6.09. The van der Waals surface area contributed by atoms with Gasteiger partial charge in [0, 0.05) is 37.3 Å². The molecule has 0 bridgehead atoms. The van der Waals surface area contributed by atoms with Crippen molar-refractivity contribution in [3.8, 4) is 11.5 Å². The summed E-state index contributed by atoms with van der Waals surface area (Å²) in [4.78, 5) is 27.0. The number of hydrogen-bond donors (Lipinski definition) is 2. The smallest absolute Gasteiger partial charge is 0.416 e. The van der Waals surface area contributed by atoms with Gasteiger partial charge in [-0.1, -0.05) is 12.1 Å². The van der Waals surface area contributed by atoms with Crippen LogP contribution in [0.4, 0.5) is 32.2 Å². The molecule has 4 rings (SSSR count). The van der Waals surface area contributed by atoms with Crippen LogP contribution in [0.5, 0.6) is 11.5 Å². The van der Waals surface area contributed by atoms with Crippen molar-refractivity contribution in [1.29, 1.82) is 0 Å². The van der Waals surface area contributed by atoms with Crippen LogP contribution < -0.4 is 14.8 Å². The largest absolute Gasteiger partial charge is 0.493 e. The summed E-state index contributed by atoms with van der Waals surface area (Å²) in [5, 5.41) is 9.23. The predicted molar refractivity (Wildman–Crippen MR) is 125 cm³/mol. The van der Waals surface area contributed by atoms with Crippen LogP contribution >= 0.6 is 0 Å². The molecular weight excluding hydrogens is 534 g/mol. The number of halogens is 6. The van der Waals surface area contributed by atoms with Crippen LogP contribution in [0.1, 0.15) is 33.7 Å². The van der Waals surface area contributed by atoms with Gasteiger partial charge in [0.25, 0.3) is 0 Å². The van der Waals surface area contributed by atoms with Crippen LogP contribution in [0.15, 0.2) is 42.6 Å². The lowest BCUT2D eigenvalue weighted by atomic mass is 9.78. The summed E-state index contributed by atoms with van der Waals surface area (Å²) in [6, 6.07) is 5.68. The third kappa shape index (κ3) is 5.49. The van der Waals surface area contributed by atoms with Gasteiger partial charge in [0.1, 0.15) is 12.5 Å². The number of rotatable bonds is 6. The number of methoxy groups -OCH3 is 1. The molecule has 3 aromatic rings. The van der Waals surface area contributed by atoms with Gasteiger partial charge < -0.3 is 19.7 Å². The number of carbonyl (C=O) groups excluding carboxylic acids is 2. The molecule has 8 nitrogen and oxygen atoms in total. The van der Waals surface area contributed by atoms with E-state index in [-0.39, 0.29) is 23.4 Å². The number of aromatic amines is 1. The lowest BCUT2D eigenvalue weighted by Gasteiger charge is -2.31. The van der Waals surface area contributed by atoms with E-state index in [9.17, 15) is 35.9 Å². The number of ether oxygens (including phenoxy) is 2. The fraction of sp³-hybridized carbons (Fsp3) is 0.320. The minimum atomic E-state index is -5.05. The maximum absolute atomic E-state index is 13.5. The maximum atomic E-state index is 13.5. The van der Waals surface area contributed by atoms with E-state index >= 15 is 0 Å². The lowest BCUT2D eigenvalue weighted by Crippen LogP contribution is -2.44. The molecule has 2 atom stereocenters. The van der Waals surface area contributed by atoms with Crippen molar-refractivity contribution in [2.45, 2.75) is 24.9 Å². The quantitative estimate of drug-likeness (QED) is 0.335. The number of fused-ring (bicyclic) bond motifs is 1. The number of alkyl halides is 6. The van der Waals surface area contributed by atoms with Crippen LogP contribution in [0, 0.1) is 5.92 Å². The van der Waals surface area contributed by atoms with Gasteiger partial charge in [-0.25, -0.2) is 0 Å². The van der Waals surface area contributed by atoms with Crippen molar-refractivity contribution in [1.82, 2.24) is 15.1 Å². The second kappa shape index (κ2) is 10.2. The third-order valence-corrected chi connectivity index (χ3v) is 6.24. The van der Waals surface area contributed by atoms with Crippen LogP contribution in [-0.2, 0) is 28.5 Å². The van der Waals surface area contributed by atoms with Crippen molar-refractivity contribution in [3.05, 3.63) is 70.4 Å². The number of nitrogens with zero attached hydrogens (tertiary/aromatic N) is 2. The number of amides is 2. The van der Waals surface area contributed by atoms with Crippen molar-refractivity contribution >= 4 is 17.6 Å². The highest BCUT2D eigenvalue weighted by Gasteiger charge is 2.44. The van der Waals surface area contributed by atoms with Crippen molar-refractivity contribution < 1.29 is 45.4 Å². The van der Waals surface area contributed by atoms with E-state index in [1.54, 1.807) is 0 Å². The van der Waals surface area contributed by atoms with Gasteiger partial charge in [0.05, 0.1) is 18.2 Å². The van der Waals surface area contributed by atoms with E-state index in [2.05, 4.69) is 15.5 Å². The summed E-state index contributed by atoms with van der Waals surface area (Å²) >= 11 is 0. The second-order valence-electron chi connectivity index (χ2n) is 8.93. The number of aromatic nitrogens is 2. The molecule has 1 aliphatic rings. The Kier molecular flexibility index (Phi) is 7.23. The molecule has 2 heterocycles. The first-order valence-electron chi connectivity index (χ1n) is 11.4. The van der Waals surface area contributed by atoms with Crippen LogP contribution in [0.3, 0.4) is 0 Å². The fourth-order valence-electron chi connectivity index (χ4n) is 4.36. The Labute approximate surface area is 217 Å². The summed E-state index contributed by atoms with van der Waals surface area (Å²) < 4.78 is 90.3. The highest BCUT2D eigenvalue weighted by atomic mass is 19.4. The van der Waals surface area contributed by atoms with E-state index in [1.807, 2.05) is 0 Å². The average molecular weight is 556 g/mol. The Morgan fingerprint density at radius 2 is 1.74 bits per heavy atom. The number of carbonyl (C=O) groups is 2. The molecule has 0 spiro atoms. The summed E-state index contributed by atoms with van der Waals surface area (Å²) in [5.74, 6) is -2.66. The zero-order valence-electron chi connectivity index (χ0n) is 20.7. The summed E-state index contributed by atoms with van der Waals surface area (Å²) in [6.07, 6.45) is -8.46. The molecular formula is C25H22F6N4O4. The van der Waals surface area contributed by atoms with Gasteiger partial charge >= 0.3 is 12.4 Å². The minimum absolute atomic E-state index is 0.00237. The number of nitrogens with one attached hydrogen (secondary N) is 2. The van der Waals surface area contributed by atoms with E-state index < -0.39 is 59.3 Å². The van der Waals surface area contributed by atoms with Crippen molar-refractivity contribution in [2.24, 2.45) is 5.92 Å². The van der Waals surface area contributed by atoms with E-state index in [0.29, 0.717) is 23.3 Å². The molecule has 2 amide bonds.